The van der Waals surface area contributed by atoms with Gasteiger partial charge in [0.15, 0.2) is 0 Å². The van der Waals surface area contributed by atoms with Crippen LogP contribution in [0.1, 0.15) is 12.5 Å². The van der Waals surface area contributed by atoms with Gasteiger partial charge in [0.05, 0.1) is 29.7 Å². The third-order valence-electron chi connectivity index (χ3n) is 3.24. The normalized spacial score (nSPS) is 14.6. The molecule has 0 aliphatic carbocycles. The predicted molar refractivity (Wildman–Crippen MR) is 91.2 cm³/mol. The molecule has 23 heavy (non-hydrogen) atoms. The molecule has 1 heterocycles. The lowest BCUT2D eigenvalue weighted by Crippen LogP contribution is -2.45. The lowest BCUT2D eigenvalue weighted by atomic mass is 10.2. The van der Waals surface area contributed by atoms with Crippen LogP contribution in [0.15, 0.2) is 46.7 Å². The van der Waals surface area contributed by atoms with Crippen molar-refractivity contribution in [2.24, 2.45) is 0 Å². The van der Waals surface area contributed by atoms with E-state index in [9.17, 15) is 13.5 Å². The summed E-state index contributed by atoms with van der Waals surface area (Å²) in [6.07, 6.45) is -0.495. The van der Waals surface area contributed by atoms with Gasteiger partial charge in [0.25, 0.3) is 10.0 Å². The summed E-state index contributed by atoms with van der Waals surface area (Å²) in [4.78, 5) is 0. The second-order valence-electron chi connectivity index (χ2n) is 4.97. The molecule has 0 fully saturated rings. The fraction of sp³-hybridized carbons (Fsp3) is 0.333. The van der Waals surface area contributed by atoms with Crippen molar-refractivity contribution in [3.8, 4) is 0 Å². The molecule has 0 aliphatic heterocycles. The molecule has 0 saturated carbocycles. The number of nitrogens with one attached hydrogen (secondary N) is 1. The Morgan fingerprint density at radius 2 is 1.96 bits per heavy atom. The van der Waals surface area contributed by atoms with Crippen molar-refractivity contribution < 1.29 is 18.3 Å². The summed E-state index contributed by atoms with van der Waals surface area (Å²) >= 11 is 6.73. The third kappa shape index (κ3) is 5.27. The maximum absolute atomic E-state index is 12.3. The van der Waals surface area contributed by atoms with Crippen molar-refractivity contribution in [3.63, 3.8) is 0 Å². The molecule has 5 nitrogen and oxygen atoms in total. The summed E-state index contributed by atoms with van der Waals surface area (Å²) in [5.74, 6) is 0. The van der Waals surface area contributed by atoms with Crippen LogP contribution in [0, 0.1) is 0 Å². The van der Waals surface area contributed by atoms with Crippen LogP contribution in [0.2, 0.25) is 4.34 Å². The first-order valence-corrected chi connectivity index (χ1v) is 9.64. The largest absolute Gasteiger partial charge is 0.395 e. The van der Waals surface area contributed by atoms with E-state index < -0.39 is 22.2 Å². The second-order valence-corrected chi connectivity index (χ2v) is 8.63. The van der Waals surface area contributed by atoms with E-state index in [0.29, 0.717) is 10.9 Å². The van der Waals surface area contributed by atoms with Gasteiger partial charge in [-0.25, -0.2) is 13.1 Å². The van der Waals surface area contributed by atoms with Crippen LogP contribution in [-0.2, 0) is 21.4 Å². The Hall–Kier alpha value is -0.960. The van der Waals surface area contributed by atoms with Gasteiger partial charge in [-0.2, -0.15) is 0 Å². The number of sulfonamides is 1. The molecule has 0 unspecified atom stereocenters. The summed E-state index contributed by atoms with van der Waals surface area (Å²) < 4.78 is 33.1. The van der Waals surface area contributed by atoms with E-state index in [1.807, 2.05) is 30.3 Å². The Labute approximate surface area is 144 Å². The highest BCUT2D eigenvalue weighted by Gasteiger charge is 2.25. The molecule has 1 aromatic heterocycles. The first kappa shape index (κ1) is 18.4. The SMILES string of the molecule is C[C@H](OCc1ccccc1)[C@@H](CO)NS(=O)(=O)c1ccc(Cl)s1. The van der Waals surface area contributed by atoms with E-state index in [0.717, 1.165) is 16.9 Å². The van der Waals surface area contributed by atoms with Gasteiger partial charge in [-0.05, 0) is 24.6 Å². The molecule has 2 N–H and O–H groups in total. The molecule has 2 aromatic rings. The Morgan fingerprint density at radius 3 is 2.52 bits per heavy atom. The van der Waals surface area contributed by atoms with Crippen molar-refractivity contribution in [2.75, 3.05) is 6.61 Å². The minimum atomic E-state index is -3.73. The van der Waals surface area contributed by atoms with Crippen LogP contribution >= 0.6 is 22.9 Å². The van der Waals surface area contributed by atoms with E-state index in [1.165, 1.54) is 12.1 Å². The molecular weight excluding hydrogens is 358 g/mol. The minimum absolute atomic E-state index is 0.108. The van der Waals surface area contributed by atoms with Crippen LogP contribution in [0.5, 0.6) is 0 Å². The molecule has 126 valence electrons. The fourth-order valence-corrected chi connectivity index (χ4v) is 4.69. The zero-order chi connectivity index (χ0) is 16.9. The van der Waals surface area contributed by atoms with Gasteiger partial charge in [-0.15, -0.1) is 11.3 Å². The molecule has 0 aliphatic rings. The molecule has 2 rings (SSSR count). The van der Waals surface area contributed by atoms with Crippen molar-refractivity contribution in [3.05, 3.63) is 52.4 Å². The Kier molecular flexibility index (Phi) is 6.58. The quantitative estimate of drug-likeness (QED) is 0.743. The lowest BCUT2D eigenvalue weighted by molar-refractivity contribution is 0.0180. The van der Waals surface area contributed by atoms with E-state index >= 15 is 0 Å². The molecular formula is C15H18ClNO4S2. The number of ether oxygens (including phenoxy) is 1. The molecule has 0 amide bonds. The Bertz CT molecular complexity index is 718. The third-order valence-corrected chi connectivity index (χ3v) is 6.45. The highest BCUT2D eigenvalue weighted by molar-refractivity contribution is 7.91. The van der Waals surface area contributed by atoms with E-state index in [1.54, 1.807) is 6.92 Å². The smallest absolute Gasteiger partial charge is 0.250 e. The standard InChI is InChI=1S/C15H18ClNO4S2/c1-11(21-10-12-5-3-2-4-6-12)13(9-18)17-23(19,20)15-8-7-14(16)22-15/h2-8,11,13,17-18H,9-10H2,1H3/t11-,13+/m0/s1. The number of aliphatic hydroxyl groups excluding tert-OH is 1. The molecule has 0 radical (unpaired) electrons. The number of thiophene rings is 1. The molecule has 8 heteroatoms. The van der Waals surface area contributed by atoms with Crippen LogP contribution in [0.3, 0.4) is 0 Å². The Balaban J connectivity index is 1.98. The number of aliphatic hydroxyl groups is 1. The molecule has 0 saturated heterocycles. The number of hydrogen-bond donors (Lipinski definition) is 2. The predicted octanol–water partition coefficient (Wildman–Crippen LogP) is 2.65. The second kappa shape index (κ2) is 8.23. The van der Waals surface area contributed by atoms with Gasteiger partial charge in [0.2, 0.25) is 0 Å². The number of halogens is 1. The summed E-state index contributed by atoms with van der Waals surface area (Å²) in [7, 11) is -3.73. The minimum Gasteiger partial charge on any atom is -0.395 e. The number of hydrogen-bond acceptors (Lipinski definition) is 5. The van der Waals surface area contributed by atoms with Gasteiger partial charge in [0, 0.05) is 0 Å². The van der Waals surface area contributed by atoms with Crippen molar-refractivity contribution in [1.29, 1.82) is 0 Å². The molecule has 0 bridgehead atoms. The maximum atomic E-state index is 12.3. The number of benzene rings is 1. The zero-order valence-corrected chi connectivity index (χ0v) is 14.9. The fourth-order valence-electron chi connectivity index (χ4n) is 1.90. The van der Waals surface area contributed by atoms with Gasteiger partial charge < -0.3 is 9.84 Å². The van der Waals surface area contributed by atoms with Crippen molar-refractivity contribution in [2.45, 2.75) is 29.9 Å². The van der Waals surface area contributed by atoms with Gasteiger partial charge >= 0.3 is 0 Å². The first-order valence-electron chi connectivity index (χ1n) is 6.96. The summed E-state index contributed by atoms with van der Waals surface area (Å²) in [6, 6.07) is 11.7. The van der Waals surface area contributed by atoms with Crippen LogP contribution in [-0.4, -0.2) is 32.3 Å². The van der Waals surface area contributed by atoms with Crippen LogP contribution < -0.4 is 4.72 Å². The highest BCUT2D eigenvalue weighted by atomic mass is 35.5. The summed E-state index contributed by atoms with van der Waals surface area (Å²) in [5, 5.41) is 9.48. The summed E-state index contributed by atoms with van der Waals surface area (Å²) in [6.45, 7) is 1.69. The van der Waals surface area contributed by atoms with Gasteiger partial charge in [-0.1, -0.05) is 41.9 Å². The van der Waals surface area contributed by atoms with Crippen molar-refractivity contribution >= 4 is 33.0 Å². The van der Waals surface area contributed by atoms with E-state index in [2.05, 4.69) is 4.72 Å². The first-order chi connectivity index (χ1) is 10.9. The monoisotopic (exact) mass is 375 g/mol. The van der Waals surface area contributed by atoms with E-state index in [4.69, 9.17) is 16.3 Å². The molecule has 0 spiro atoms. The van der Waals surface area contributed by atoms with Gasteiger partial charge in [0.1, 0.15) is 4.21 Å². The average Bonchev–Trinajstić information content (AvgIpc) is 2.99. The molecule has 2 atom stereocenters. The van der Waals surface area contributed by atoms with Crippen molar-refractivity contribution in [1.82, 2.24) is 4.72 Å². The van der Waals surface area contributed by atoms with Crippen LogP contribution in [0.4, 0.5) is 0 Å². The lowest BCUT2D eigenvalue weighted by Gasteiger charge is -2.23. The number of rotatable bonds is 8. The van der Waals surface area contributed by atoms with Crippen LogP contribution in [0.25, 0.3) is 0 Å². The maximum Gasteiger partial charge on any atom is 0.250 e. The topological polar surface area (TPSA) is 75.6 Å². The highest BCUT2D eigenvalue weighted by Crippen LogP contribution is 2.25. The molecule has 1 aromatic carbocycles. The average molecular weight is 376 g/mol. The Morgan fingerprint density at radius 1 is 1.26 bits per heavy atom. The van der Waals surface area contributed by atoms with Gasteiger partial charge in [-0.3, -0.25) is 0 Å². The zero-order valence-electron chi connectivity index (χ0n) is 12.5. The summed E-state index contributed by atoms with van der Waals surface area (Å²) in [5.41, 5.74) is 0.976. The van der Waals surface area contributed by atoms with E-state index in [-0.39, 0.29) is 10.8 Å².